The summed E-state index contributed by atoms with van der Waals surface area (Å²) in [6.07, 6.45) is 0. The molecule has 0 spiro atoms. The monoisotopic (exact) mass is 362 g/mol. The Hall–Kier alpha value is -0.350. The highest BCUT2D eigenvalue weighted by Crippen LogP contribution is 2.25. The first-order valence-electron chi connectivity index (χ1n) is 4.04. The number of anilines is 1. The van der Waals surface area contributed by atoms with Crippen molar-refractivity contribution in [2.45, 2.75) is 4.90 Å². The second-order valence-corrected chi connectivity index (χ2v) is 8.01. The van der Waals surface area contributed by atoms with Crippen LogP contribution >= 0.6 is 27.5 Å². The van der Waals surface area contributed by atoms with Crippen LogP contribution in [0.15, 0.2) is 23.1 Å². The van der Waals surface area contributed by atoms with Crippen LogP contribution in [0.2, 0.25) is 5.02 Å². The first kappa shape index (κ1) is 14.7. The predicted octanol–water partition coefficient (Wildman–Crippen LogP) is 1.08. The van der Waals surface area contributed by atoms with Crippen molar-refractivity contribution in [2.24, 2.45) is 5.14 Å². The Kier molecular flexibility index (Phi) is 4.42. The molecule has 0 amide bonds. The molecule has 3 N–H and O–H groups in total. The van der Waals surface area contributed by atoms with Crippen LogP contribution in [-0.2, 0) is 20.0 Å². The molecule has 0 heterocycles. The van der Waals surface area contributed by atoms with E-state index in [0.717, 1.165) is 6.07 Å². The van der Waals surface area contributed by atoms with Crippen LogP contribution in [0.4, 0.5) is 5.69 Å². The molecule has 0 saturated heterocycles. The third-order valence-corrected chi connectivity index (χ3v) is 5.54. The standard InChI is InChI=1S/C7H8BrClN2O4S2/c8-4-16(12,13)11-7-3-5(17(10,14)15)1-2-6(7)9/h1-3,11H,4H2,(H2,10,14,15). The van der Waals surface area contributed by atoms with Gasteiger partial charge in [0.15, 0.2) is 0 Å². The summed E-state index contributed by atoms with van der Waals surface area (Å²) in [7, 11) is -7.52. The van der Waals surface area contributed by atoms with Gasteiger partial charge in [0.25, 0.3) is 0 Å². The molecule has 0 saturated carbocycles. The van der Waals surface area contributed by atoms with Crippen LogP contribution in [0.25, 0.3) is 0 Å². The zero-order chi connectivity index (χ0) is 13.3. The Morgan fingerprint density at radius 2 is 1.88 bits per heavy atom. The van der Waals surface area contributed by atoms with Crippen LogP contribution < -0.4 is 9.86 Å². The lowest BCUT2D eigenvalue weighted by Crippen LogP contribution is -2.16. The minimum absolute atomic E-state index is 0.0439. The van der Waals surface area contributed by atoms with Crippen LogP contribution in [0.5, 0.6) is 0 Å². The number of nitrogens with one attached hydrogen (secondary N) is 1. The molecule has 0 atom stereocenters. The van der Waals surface area contributed by atoms with Crippen molar-refractivity contribution >= 4 is 53.3 Å². The number of alkyl halides is 1. The van der Waals surface area contributed by atoms with Crippen LogP contribution in [0.3, 0.4) is 0 Å². The van der Waals surface area contributed by atoms with Crippen molar-refractivity contribution in [3.63, 3.8) is 0 Å². The number of sulfonamides is 2. The highest BCUT2D eigenvalue weighted by Gasteiger charge is 2.14. The summed E-state index contributed by atoms with van der Waals surface area (Å²) in [6, 6.07) is 3.48. The highest BCUT2D eigenvalue weighted by atomic mass is 79.9. The molecule has 0 bridgehead atoms. The molecule has 6 nitrogen and oxygen atoms in total. The first-order valence-corrected chi connectivity index (χ1v) is 8.74. The fourth-order valence-corrected chi connectivity index (χ4v) is 2.62. The molecule has 10 heteroatoms. The van der Waals surface area contributed by atoms with Gasteiger partial charge in [0.1, 0.15) is 4.66 Å². The maximum absolute atomic E-state index is 11.3. The molecule has 0 aliphatic rings. The number of rotatable bonds is 4. The predicted molar refractivity (Wildman–Crippen MR) is 69.2 cm³/mol. The Labute approximate surface area is 112 Å². The quantitative estimate of drug-likeness (QED) is 0.781. The lowest BCUT2D eigenvalue weighted by molar-refractivity contribution is 0.597. The summed E-state index contributed by atoms with van der Waals surface area (Å²) in [4.78, 5) is -0.228. The largest absolute Gasteiger partial charge is 0.281 e. The van der Waals surface area contributed by atoms with Crippen molar-refractivity contribution in [3.8, 4) is 0 Å². The number of primary sulfonamides is 1. The molecule has 0 aliphatic carbocycles. The van der Waals surface area contributed by atoms with Crippen molar-refractivity contribution in [2.75, 3.05) is 9.38 Å². The molecule has 0 fully saturated rings. The SMILES string of the molecule is NS(=O)(=O)c1ccc(Cl)c(NS(=O)(=O)CBr)c1. The van der Waals surface area contributed by atoms with Gasteiger partial charge in [0.2, 0.25) is 20.0 Å². The average molecular weight is 364 g/mol. The third kappa shape index (κ3) is 4.11. The second-order valence-electron chi connectivity index (χ2n) is 3.01. The Morgan fingerprint density at radius 1 is 1.29 bits per heavy atom. The van der Waals surface area contributed by atoms with Gasteiger partial charge in [-0.15, -0.1) is 0 Å². The average Bonchev–Trinajstić information content (AvgIpc) is 2.19. The van der Waals surface area contributed by atoms with Gasteiger partial charge in [-0.05, 0) is 18.2 Å². The Morgan fingerprint density at radius 3 is 2.35 bits per heavy atom. The molecule has 0 aromatic heterocycles. The van der Waals surface area contributed by atoms with Crippen LogP contribution in [-0.4, -0.2) is 21.5 Å². The second kappa shape index (κ2) is 5.11. The van der Waals surface area contributed by atoms with Gasteiger partial charge in [-0.3, -0.25) is 4.72 Å². The lowest BCUT2D eigenvalue weighted by atomic mass is 10.3. The van der Waals surface area contributed by atoms with E-state index in [9.17, 15) is 16.8 Å². The number of halogens is 2. The molecule has 0 unspecified atom stereocenters. The van der Waals surface area contributed by atoms with Gasteiger partial charge in [-0.1, -0.05) is 27.5 Å². The number of nitrogens with two attached hydrogens (primary N) is 1. The van der Waals surface area contributed by atoms with Gasteiger partial charge in [0.05, 0.1) is 15.6 Å². The maximum Gasteiger partial charge on any atom is 0.242 e. The highest BCUT2D eigenvalue weighted by molar-refractivity contribution is 9.10. The van der Waals surface area contributed by atoms with Crippen molar-refractivity contribution in [1.82, 2.24) is 0 Å². The van der Waals surface area contributed by atoms with Gasteiger partial charge in [-0.25, -0.2) is 22.0 Å². The third-order valence-electron chi connectivity index (χ3n) is 1.68. The summed E-state index contributed by atoms with van der Waals surface area (Å²) in [6.45, 7) is 0. The minimum Gasteiger partial charge on any atom is -0.281 e. The summed E-state index contributed by atoms with van der Waals surface area (Å²) >= 11 is 8.51. The van der Waals surface area contributed by atoms with E-state index in [0.29, 0.717) is 0 Å². The van der Waals surface area contributed by atoms with Gasteiger partial charge >= 0.3 is 0 Å². The fourth-order valence-electron chi connectivity index (χ4n) is 0.954. The van der Waals surface area contributed by atoms with E-state index in [1.807, 2.05) is 0 Å². The molecule has 1 rings (SSSR count). The first-order chi connectivity index (χ1) is 7.65. The van der Waals surface area contributed by atoms with Gasteiger partial charge in [0, 0.05) is 0 Å². The summed E-state index contributed by atoms with van der Waals surface area (Å²) in [5.41, 5.74) is -0.0439. The van der Waals surface area contributed by atoms with Gasteiger partial charge in [-0.2, -0.15) is 0 Å². The zero-order valence-corrected chi connectivity index (χ0v) is 12.2. The summed E-state index contributed by atoms with van der Waals surface area (Å²) < 4.78 is 46.5. The van der Waals surface area contributed by atoms with E-state index in [1.165, 1.54) is 12.1 Å². The molecule has 1 aromatic rings. The Balaban J connectivity index is 3.26. The number of benzene rings is 1. The van der Waals surface area contributed by atoms with Crippen molar-refractivity contribution in [1.29, 1.82) is 0 Å². The van der Waals surface area contributed by atoms with Crippen molar-refractivity contribution in [3.05, 3.63) is 23.2 Å². The van der Waals surface area contributed by atoms with E-state index >= 15 is 0 Å². The molecule has 1 aromatic carbocycles. The number of hydrogen-bond donors (Lipinski definition) is 2. The van der Waals surface area contributed by atoms with E-state index in [-0.39, 0.29) is 20.3 Å². The van der Waals surface area contributed by atoms with E-state index in [4.69, 9.17) is 16.7 Å². The minimum atomic E-state index is -3.91. The van der Waals surface area contributed by atoms with Gasteiger partial charge < -0.3 is 0 Å². The smallest absolute Gasteiger partial charge is 0.242 e. The van der Waals surface area contributed by atoms with E-state index in [1.54, 1.807) is 0 Å². The normalized spacial score (nSPS) is 12.4. The van der Waals surface area contributed by atoms with Crippen LogP contribution in [0.1, 0.15) is 0 Å². The Bertz CT molecular complexity index is 629. The summed E-state index contributed by atoms with van der Waals surface area (Å²) in [5, 5.41) is 4.99. The molecule has 17 heavy (non-hydrogen) atoms. The molecule has 96 valence electrons. The summed E-state index contributed by atoms with van der Waals surface area (Å²) in [5.74, 6) is 0. The van der Waals surface area contributed by atoms with E-state index < -0.39 is 20.0 Å². The van der Waals surface area contributed by atoms with E-state index in [2.05, 4.69) is 20.7 Å². The fraction of sp³-hybridized carbons (Fsp3) is 0.143. The lowest BCUT2D eigenvalue weighted by Gasteiger charge is -2.08. The molecule has 0 aliphatic heterocycles. The molecular weight excluding hydrogens is 356 g/mol. The topological polar surface area (TPSA) is 106 Å². The number of hydrogen-bond acceptors (Lipinski definition) is 4. The van der Waals surface area contributed by atoms with Crippen LogP contribution in [0, 0.1) is 0 Å². The maximum atomic E-state index is 11.3. The zero-order valence-electron chi connectivity index (χ0n) is 8.22. The molecular formula is C7H8BrClN2O4S2. The molecule has 0 radical (unpaired) electrons. The van der Waals surface area contributed by atoms with Crippen molar-refractivity contribution < 1.29 is 16.8 Å².